The Morgan fingerprint density at radius 3 is 2.53 bits per heavy atom. The molecule has 102 valence electrons. The first-order valence-corrected chi connectivity index (χ1v) is 6.04. The molecule has 0 fully saturated rings. The molecule has 0 spiro atoms. The molecule has 0 aliphatic rings. The fourth-order valence-electron chi connectivity index (χ4n) is 1.70. The van der Waals surface area contributed by atoms with Crippen LogP contribution in [-0.2, 0) is 6.54 Å². The summed E-state index contributed by atoms with van der Waals surface area (Å²) in [6.45, 7) is 2.82. The number of unbranched alkanes of at least 4 members (excludes halogenated alkanes) is 1. The van der Waals surface area contributed by atoms with Crippen LogP contribution in [0.25, 0.3) is 0 Å². The van der Waals surface area contributed by atoms with Gasteiger partial charge in [0.05, 0.1) is 0 Å². The van der Waals surface area contributed by atoms with Gasteiger partial charge in [0, 0.05) is 36.8 Å². The molecule has 2 aromatic rings. The van der Waals surface area contributed by atoms with Gasteiger partial charge in [-0.2, -0.15) is 0 Å². The van der Waals surface area contributed by atoms with Crippen molar-refractivity contribution < 1.29 is 13.2 Å². The van der Waals surface area contributed by atoms with E-state index in [0.717, 1.165) is 31.5 Å². The number of halogens is 3. The SMILES string of the molecule is CCCCn1ccnc1Nc1cc(F)c(F)c(F)c1. The van der Waals surface area contributed by atoms with Gasteiger partial charge in [-0.15, -0.1) is 0 Å². The molecule has 1 heterocycles. The van der Waals surface area contributed by atoms with Crippen LogP contribution in [0.2, 0.25) is 0 Å². The third kappa shape index (κ3) is 3.07. The maximum absolute atomic E-state index is 13.1. The van der Waals surface area contributed by atoms with E-state index in [1.54, 1.807) is 12.4 Å². The lowest BCUT2D eigenvalue weighted by Gasteiger charge is -2.09. The van der Waals surface area contributed by atoms with Crippen LogP contribution in [0.1, 0.15) is 19.8 Å². The predicted octanol–water partition coefficient (Wildman–Crippen LogP) is 3.84. The average Bonchev–Trinajstić information content (AvgIpc) is 2.80. The van der Waals surface area contributed by atoms with Crippen LogP contribution in [0.4, 0.5) is 24.8 Å². The second kappa shape index (κ2) is 5.77. The van der Waals surface area contributed by atoms with E-state index in [2.05, 4.69) is 17.2 Å². The number of nitrogens with zero attached hydrogens (tertiary/aromatic N) is 2. The fraction of sp³-hybridized carbons (Fsp3) is 0.308. The van der Waals surface area contributed by atoms with Crippen LogP contribution in [0.3, 0.4) is 0 Å². The Hall–Kier alpha value is -1.98. The highest BCUT2D eigenvalue weighted by atomic mass is 19.2. The van der Waals surface area contributed by atoms with Crippen molar-refractivity contribution >= 4 is 11.6 Å². The Kier molecular flexibility index (Phi) is 4.09. The molecule has 0 bridgehead atoms. The third-order valence-electron chi connectivity index (χ3n) is 2.71. The van der Waals surface area contributed by atoms with E-state index in [1.807, 2.05) is 4.57 Å². The number of anilines is 2. The standard InChI is InChI=1S/C13H14F3N3/c1-2-3-5-19-6-4-17-13(19)18-9-7-10(14)12(16)11(15)8-9/h4,6-8H,2-3,5H2,1H3,(H,17,18). The first-order valence-electron chi connectivity index (χ1n) is 6.04. The van der Waals surface area contributed by atoms with E-state index in [0.29, 0.717) is 5.95 Å². The van der Waals surface area contributed by atoms with Crippen molar-refractivity contribution in [1.82, 2.24) is 9.55 Å². The highest BCUT2D eigenvalue weighted by Crippen LogP contribution is 2.20. The van der Waals surface area contributed by atoms with E-state index in [1.165, 1.54) is 0 Å². The summed E-state index contributed by atoms with van der Waals surface area (Å²) >= 11 is 0. The number of rotatable bonds is 5. The van der Waals surface area contributed by atoms with Crippen molar-refractivity contribution in [3.63, 3.8) is 0 Å². The largest absolute Gasteiger partial charge is 0.325 e. The predicted molar refractivity (Wildman–Crippen MR) is 66.7 cm³/mol. The lowest BCUT2D eigenvalue weighted by atomic mass is 10.3. The second-order valence-corrected chi connectivity index (χ2v) is 4.18. The van der Waals surface area contributed by atoms with Crippen LogP contribution >= 0.6 is 0 Å². The minimum Gasteiger partial charge on any atom is -0.325 e. The Labute approximate surface area is 109 Å². The van der Waals surface area contributed by atoms with Crippen molar-refractivity contribution in [2.45, 2.75) is 26.3 Å². The Balaban J connectivity index is 2.19. The van der Waals surface area contributed by atoms with E-state index in [-0.39, 0.29) is 5.69 Å². The van der Waals surface area contributed by atoms with Gasteiger partial charge in [-0.3, -0.25) is 0 Å². The van der Waals surface area contributed by atoms with Gasteiger partial charge in [-0.25, -0.2) is 18.2 Å². The Morgan fingerprint density at radius 1 is 1.21 bits per heavy atom. The first-order chi connectivity index (χ1) is 9.11. The number of aryl methyl sites for hydroxylation is 1. The van der Waals surface area contributed by atoms with Gasteiger partial charge in [-0.1, -0.05) is 13.3 Å². The lowest BCUT2D eigenvalue weighted by Crippen LogP contribution is -2.04. The number of nitrogens with one attached hydrogen (secondary N) is 1. The molecule has 3 nitrogen and oxygen atoms in total. The summed E-state index contributed by atoms with van der Waals surface area (Å²) in [6, 6.07) is 1.80. The van der Waals surface area contributed by atoms with Crippen molar-refractivity contribution in [3.8, 4) is 0 Å². The topological polar surface area (TPSA) is 29.9 Å². The quantitative estimate of drug-likeness (QED) is 0.836. The van der Waals surface area contributed by atoms with Gasteiger partial charge < -0.3 is 9.88 Å². The van der Waals surface area contributed by atoms with Crippen LogP contribution in [0.5, 0.6) is 0 Å². The third-order valence-corrected chi connectivity index (χ3v) is 2.71. The zero-order chi connectivity index (χ0) is 13.8. The molecule has 0 radical (unpaired) electrons. The molecule has 6 heteroatoms. The summed E-state index contributed by atoms with van der Waals surface area (Å²) < 4.78 is 40.9. The van der Waals surface area contributed by atoms with Gasteiger partial charge in [0.1, 0.15) is 0 Å². The smallest absolute Gasteiger partial charge is 0.207 e. The monoisotopic (exact) mass is 269 g/mol. The molecular weight excluding hydrogens is 255 g/mol. The van der Waals surface area contributed by atoms with Gasteiger partial charge in [-0.05, 0) is 6.42 Å². The summed E-state index contributed by atoms with van der Waals surface area (Å²) in [6.07, 6.45) is 5.36. The van der Waals surface area contributed by atoms with Crippen molar-refractivity contribution in [2.75, 3.05) is 5.32 Å². The maximum Gasteiger partial charge on any atom is 0.207 e. The summed E-state index contributed by atoms with van der Waals surface area (Å²) in [5.74, 6) is -3.46. The normalized spacial score (nSPS) is 10.7. The average molecular weight is 269 g/mol. The molecular formula is C13H14F3N3. The maximum atomic E-state index is 13.1. The van der Waals surface area contributed by atoms with E-state index >= 15 is 0 Å². The van der Waals surface area contributed by atoms with Crippen molar-refractivity contribution in [3.05, 3.63) is 42.0 Å². The zero-order valence-electron chi connectivity index (χ0n) is 10.5. The van der Waals surface area contributed by atoms with Crippen molar-refractivity contribution in [1.29, 1.82) is 0 Å². The molecule has 1 aromatic carbocycles. The number of aromatic nitrogens is 2. The van der Waals surface area contributed by atoms with Crippen LogP contribution in [-0.4, -0.2) is 9.55 Å². The minimum atomic E-state index is -1.47. The van der Waals surface area contributed by atoms with E-state index in [9.17, 15) is 13.2 Å². The summed E-state index contributed by atoms with van der Waals surface area (Å²) in [5.41, 5.74) is 0.125. The fourth-order valence-corrected chi connectivity index (χ4v) is 1.70. The molecule has 0 aliphatic heterocycles. The number of benzene rings is 1. The first kappa shape index (κ1) is 13.5. The summed E-state index contributed by atoms with van der Waals surface area (Å²) in [7, 11) is 0. The van der Waals surface area contributed by atoms with Crippen LogP contribution in [0.15, 0.2) is 24.5 Å². The molecule has 0 aliphatic carbocycles. The zero-order valence-corrected chi connectivity index (χ0v) is 10.5. The summed E-state index contributed by atoms with van der Waals surface area (Å²) in [4.78, 5) is 4.06. The molecule has 0 saturated heterocycles. The second-order valence-electron chi connectivity index (χ2n) is 4.18. The van der Waals surface area contributed by atoms with Crippen molar-refractivity contribution in [2.24, 2.45) is 0 Å². The van der Waals surface area contributed by atoms with E-state index in [4.69, 9.17) is 0 Å². The highest BCUT2D eigenvalue weighted by molar-refractivity contribution is 5.53. The Morgan fingerprint density at radius 2 is 1.89 bits per heavy atom. The molecule has 2 rings (SSSR count). The molecule has 0 saturated carbocycles. The number of hydrogen-bond donors (Lipinski definition) is 1. The molecule has 0 unspecified atom stereocenters. The van der Waals surface area contributed by atoms with Crippen LogP contribution < -0.4 is 5.32 Å². The van der Waals surface area contributed by atoms with Crippen LogP contribution in [0, 0.1) is 17.5 Å². The van der Waals surface area contributed by atoms with Gasteiger partial charge in [0.2, 0.25) is 5.95 Å². The molecule has 1 N–H and O–H groups in total. The number of hydrogen-bond acceptors (Lipinski definition) is 2. The highest BCUT2D eigenvalue weighted by Gasteiger charge is 2.11. The summed E-state index contributed by atoms with van der Waals surface area (Å²) in [5, 5.41) is 2.78. The molecule has 19 heavy (non-hydrogen) atoms. The lowest BCUT2D eigenvalue weighted by molar-refractivity contribution is 0.448. The Bertz CT molecular complexity index is 543. The molecule has 0 amide bonds. The molecule has 0 atom stereocenters. The van der Waals surface area contributed by atoms with Gasteiger partial charge >= 0.3 is 0 Å². The van der Waals surface area contributed by atoms with Gasteiger partial charge in [0.15, 0.2) is 17.5 Å². The molecule has 1 aromatic heterocycles. The number of imidazole rings is 1. The minimum absolute atomic E-state index is 0.125. The van der Waals surface area contributed by atoms with Gasteiger partial charge in [0.25, 0.3) is 0 Å². The van der Waals surface area contributed by atoms with E-state index < -0.39 is 17.5 Å².